The maximum atomic E-state index is 10.1. The molecule has 0 saturated heterocycles. The first-order chi connectivity index (χ1) is 18.6. The van der Waals surface area contributed by atoms with Gasteiger partial charge in [0, 0.05) is 11.8 Å². The SMILES string of the molecule is Cc1cc(C(C)c2cc(C)c(O)c(C)c2)cc(C)c1O.Cc1cc(C(C)c2ccc(C)c(O)c2C)cc(C)c1O. The molecular formula is C36H44O4. The van der Waals surface area contributed by atoms with Gasteiger partial charge in [-0.05, 0) is 122 Å². The van der Waals surface area contributed by atoms with Gasteiger partial charge in [-0.15, -0.1) is 0 Å². The zero-order valence-corrected chi connectivity index (χ0v) is 25.6. The van der Waals surface area contributed by atoms with Gasteiger partial charge in [0.1, 0.15) is 23.0 Å². The van der Waals surface area contributed by atoms with Gasteiger partial charge < -0.3 is 20.4 Å². The van der Waals surface area contributed by atoms with Gasteiger partial charge in [0.15, 0.2) is 0 Å². The molecule has 4 N–H and O–H groups in total. The Kier molecular flexibility index (Phi) is 9.25. The lowest BCUT2D eigenvalue weighted by molar-refractivity contribution is 0.464. The predicted octanol–water partition coefficient (Wildman–Crippen LogP) is 8.97. The standard InChI is InChI=1S/2C18H22O2/c1-10-6-15(7-11(2)17(10)19)14(5)16-8-12(3)18(20)13(4)9-16;1-10-6-7-16(14(5)18(10)20)13(4)15-8-11(2)17(19)12(3)9-15/h6-9,14,19-20H,1-5H3;6-9,13,19-20H,1-5H3. The third-order valence-electron chi connectivity index (χ3n) is 8.18. The van der Waals surface area contributed by atoms with E-state index in [1.807, 2.05) is 97.9 Å². The van der Waals surface area contributed by atoms with Crippen LogP contribution in [0.5, 0.6) is 23.0 Å². The molecule has 0 spiro atoms. The molecule has 0 amide bonds. The number of phenolic OH excluding ortho intramolecular Hbond substituents is 4. The van der Waals surface area contributed by atoms with Crippen molar-refractivity contribution in [2.75, 3.05) is 0 Å². The van der Waals surface area contributed by atoms with Crippen LogP contribution in [0, 0.1) is 55.4 Å². The van der Waals surface area contributed by atoms with Crippen molar-refractivity contribution < 1.29 is 20.4 Å². The number of aromatic hydroxyl groups is 4. The van der Waals surface area contributed by atoms with E-state index < -0.39 is 0 Å². The monoisotopic (exact) mass is 540 g/mol. The van der Waals surface area contributed by atoms with Crippen molar-refractivity contribution in [2.45, 2.75) is 81.1 Å². The fourth-order valence-electron chi connectivity index (χ4n) is 5.41. The Morgan fingerprint density at radius 1 is 0.400 bits per heavy atom. The van der Waals surface area contributed by atoms with Gasteiger partial charge in [0.25, 0.3) is 0 Å². The lowest BCUT2D eigenvalue weighted by Gasteiger charge is -2.19. The first-order valence-corrected chi connectivity index (χ1v) is 13.8. The van der Waals surface area contributed by atoms with E-state index in [1.165, 1.54) is 11.1 Å². The molecule has 0 bridgehead atoms. The van der Waals surface area contributed by atoms with Crippen LogP contribution >= 0.6 is 0 Å². The van der Waals surface area contributed by atoms with E-state index >= 15 is 0 Å². The van der Waals surface area contributed by atoms with E-state index in [0.717, 1.165) is 55.6 Å². The molecule has 0 aromatic heterocycles. The lowest BCUT2D eigenvalue weighted by Crippen LogP contribution is -2.01. The molecule has 4 aromatic rings. The summed E-state index contributed by atoms with van der Waals surface area (Å²) in [6.45, 7) is 19.7. The van der Waals surface area contributed by atoms with Crippen LogP contribution in [0.25, 0.3) is 0 Å². The molecule has 4 aromatic carbocycles. The number of phenols is 4. The Balaban J connectivity index is 0.000000220. The first kappa shape index (κ1) is 30.6. The predicted molar refractivity (Wildman–Crippen MR) is 165 cm³/mol. The molecule has 0 aliphatic carbocycles. The van der Waals surface area contributed by atoms with E-state index in [2.05, 4.69) is 19.9 Å². The highest BCUT2D eigenvalue weighted by Crippen LogP contribution is 2.36. The summed E-state index contributed by atoms with van der Waals surface area (Å²) in [5.41, 5.74) is 11.9. The van der Waals surface area contributed by atoms with Gasteiger partial charge in [-0.3, -0.25) is 0 Å². The topological polar surface area (TPSA) is 80.9 Å². The quantitative estimate of drug-likeness (QED) is 0.208. The second-order valence-corrected chi connectivity index (χ2v) is 11.4. The maximum absolute atomic E-state index is 10.1. The fourth-order valence-corrected chi connectivity index (χ4v) is 5.41. The highest BCUT2D eigenvalue weighted by Gasteiger charge is 2.17. The second kappa shape index (κ2) is 12.1. The largest absolute Gasteiger partial charge is 0.507 e. The van der Waals surface area contributed by atoms with E-state index in [1.54, 1.807) is 0 Å². The van der Waals surface area contributed by atoms with Crippen molar-refractivity contribution >= 4 is 0 Å². The van der Waals surface area contributed by atoms with Gasteiger partial charge in [-0.2, -0.15) is 0 Å². The Morgan fingerprint density at radius 3 is 1.02 bits per heavy atom. The van der Waals surface area contributed by atoms with E-state index in [0.29, 0.717) is 23.0 Å². The van der Waals surface area contributed by atoms with Crippen molar-refractivity contribution in [1.82, 2.24) is 0 Å². The number of hydrogen-bond acceptors (Lipinski definition) is 4. The summed E-state index contributed by atoms with van der Waals surface area (Å²) in [5.74, 6) is 1.90. The third kappa shape index (κ3) is 6.28. The molecule has 1 unspecified atom stereocenters. The van der Waals surface area contributed by atoms with Gasteiger partial charge in [-0.1, -0.05) is 62.4 Å². The minimum absolute atomic E-state index is 0.180. The Labute approximate surface area is 239 Å². The summed E-state index contributed by atoms with van der Waals surface area (Å²) in [7, 11) is 0. The van der Waals surface area contributed by atoms with E-state index in [9.17, 15) is 20.4 Å². The van der Waals surface area contributed by atoms with Crippen molar-refractivity contribution in [3.63, 3.8) is 0 Å². The zero-order valence-electron chi connectivity index (χ0n) is 25.6. The molecule has 4 rings (SSSR count). The normalized spacial score (nSPS) is 11.8. The van der Waals surface area contributed by atoms with Crippen molar-refractivity contribution in [2.24, 2.45) is 0 Å². The molecule has 0 aliphatic heterocycles. The fraction of sp³-hybridized carbons (Fsp3) is 0.333. The van der Waals surface area contributed by atoms with Crippen LogP contribution < -0.4 is 0 Å². The number of rotatable bonds is 4. The minimum Gasteiger partial charge on any atom is -0.507 e. The van der Waals surface area contributed by atoms with Gasteiger partial charge >= 0.3 is 0 Å². The second-order valence-electron chi connectivity index (χ2n) is 11.4. The molecule has 40 heavy (non-hydrogen) atoms. The summed E-state index contributed by atoms with van der Waals surface area (Å²) in [4.78, 5) is 0. The lowest BCUT2D eigenvalue weighted by atomic mass is 9.87. The molecule has 0 radical (unpaired) electrons. The summed E-state index contributed by atoms with van der Waals surface area (Å²) in [6.07, 6.45) is 0. The highest BCUT2D eigenvalue weighted by molar-refractivity contribution is 5.51. The molecule has 4 heteroatoms. The first-order valence-electron chi connectivity index (χ1n) is 13.8. The third-order valence-corrected chi connectivity index (χ3v) is 8.18. The molecule has 0 heterocycles. The van der Waals surface area contributed by atoms with Crippen molar-refractivity contribution in [3.8, 4) is 23.0 Å². The van der Waals surface area contributed by atoms with Crippen LogP contribution in [0.3, 0.4) is 0 Å². The summed E-state index contributed by atoms with van der Waals surface area (Å²) < 4.78 is 0. The van der Waals surface area contributed by atoms with Gasteiger partial charge in [0.05, 0.1) is 0 Å². The summed E-state index contributed by atoms with van der Waals surface area (Å²) in [6, 6.07) is 16.2. The highest BCUT2D eigenvalue weighted by atomic mass is 16.3. The molecule has 1 atom stereocenters. The number of benzene rings is 4. The molecule has 212 valence electrons. The Bertz CT molecular complexity index is 1420. The molecule has 0 aliphatic rings. The van der Waals surface area contributed by atoms with Crippen LogP contribution in [0.2, 0.25) is 0 Å². The van der Waals surface area contributed by atoms with Crippen molar-refractivity contribution in [1.29, 1.82) is 0 Å². The van der Waals surface area contributed by atoms with Crippen LogP contribution in [0.15, 0.2) is 48.5 Å². The smallest absolute Gasteiger partial charge is 0.121 e. The van der Waals surface area contributed by atoms with Crippen LogP contribution in [0.1, 0.15) is 92.4 Å². The van der Waals surface area contributed by atoms with Crippen molar-refractivity contribution in [3.05, 3.63) is 115 Å². The number of aryl methyl sites for hydroxylation is 7. The van der Waals surface area contributed by atoms with Gasteiger partial charge in [0.2, 0.25) is 0 Å². The van der Waals surface area contributed by atoms with Crippen LogP contribution in [-0.2, 0) is 0 Å². The molecular weight excluding hydrogens is 496 g/mol. The molecule has 0 fully saturated rings. The summed E-state index contributed by atoms with van der Waals surface area (Å²) >= 11 is 0. The average molecular weight is 541 g/mol. The van der Waals surface area contributed by atoms with E-state index in [4.69, 9.17) is 0 Å². The van der Waals surface area contributed by atoms with E-state index in [-0.39, 0.29) is 11.8 Å². The Hall–Kier alpha value is -3.92. The van der Waals surface area contributed by atoms with Gasteiger partial charge in [-0.25, -0.2) is 0 Å². The minimum atomic E-state index is 0.180. The van der Waals surface area contributed by atoms with Crippen LogP contribution in [0.4, 0.5) is 0 Å². The molecule has 4 nitrogen and oxygen atoms in total. The summed E-state index contributed by atoms with van der Waals surface area (Å²) in [5, 5.41) is 39.7. The number of hydrogen-bond donors (Lipinski definition) is 4. The molecule has 0 saturated carbocycles. The average Bonchev–Trinajstić information content (AvgIpc) is 2.90. The zero-order chi connectivity index (χ0) is 30.0. The van der Waals surface area contributed by atoms with Crippen LogP contribution in [-0.4, -0.2) is 20.4 Å². The Morgan fingerprint density at radius 2 is 0.700 bits per heavy atom. The maximum Gasteiger partial charge on any atom is 0.121 e.